The van der Waals surface area contributed by atoms with Gasteiger partial charge < -0.3 is 20.1 Å². The molecule has 0 rings (SSSR count). The Morgan fingerprint density at radius 3 is 2.39 bits per heavy atom. The zero-order valence-electron chi connectivity index (χ0n) is 11.8. The lowest BCUT2D eigenvalue weighted by atomic mass is 9.93. The third kappa shape index (κ3) is 5.97. The number of hydrogen-bond acceptors (Lipinski definition) is 5. The molecule has 0 saturated heterocycles. The van der Waals surface area contributed by atoms with Gasteiger partial charge in [-0.15, -0.1) is 0 Å². The fourth-order valence-corrected chi connectivity index (χ4v) is 1.28. The summed E-state index contributed by atoms with van der Waals surface area (Å²) < 4.78 is 9.53. The van der Waals surface area contributed by atoms with Crippen LogP contribution in [0.5, 0.6) is 0 Å². The first-order valence-electron chi connectivity index (χ1n) is 5.93. The molecule has 1 amide bonds. The first kappa shape index (κ1) is 16.9. The quantitative estimate of drug-likeness (QED) is 0.472. The highest BCUT2D eigenvalue weighted by Crippen LogP contribution is 2.15. The Balaban J connectivity index is 4.05. The summed E-state index contributed by atoms with van der Waals surface area (Å²) in [5.74, 6) is -0.422. The largest absolute Gasteiger partial charge is 0.469 e. The monoisotopic (exact) mass is 260 g/mol. The van der Waals surface area contributed by atoms with Crippen molar-refractivity contribution < 1.29 is 19.1 Å². The lowest BCUT2D eigenvalue weighted by Gasteiger charge is -2.24. The first-order chi connectivity index (χ1) is 8.35. The van der Waals surface area contributed by atoms with Gasteiger partial charge in [0.2, 0.25) is 5.91 Å². The molecule has 0 fully saturated rings. The number of methoxy groups -OCH3 is 2. The maximum absolute atomic E-state index is 11.6. The van der Waals surface area contributed by atoms with Crippen LogP contribution in [0.4, 0.5) is 0 Å². The second kappa shape index (κ2) is 8.05. The Hall–Kier alpha value is -1.14. The fraction of sp³-hybridized carbons (Fsp3) is 0.833. The SMILES string of the molecule is COCCNC(=O)C(C)NCC(C)(C)C(=O)OC. The smallest absolute Gasteiger partial charge is 0.312 e. The lowest BCUT2D eigenvalue weighted by molar-refractivity contribution is -0.150. The Morgan fingerprint density at radius 1 is 1.28 bits per heavy atom. The van der Waals surface area contributed by atoms with Gasteiger partial charge >= 0.3 is 5.97 Å². The standard InChI is InChI=1S/C12H24N2O4/c1-9(10(15)13-6-7-17-4)14-8-12(2,3)11(16)18-5/h9,14H,6-8H2,1-5H3,(H,13,15). The van der Waals surface area contributed by atoms with Crippen molar-refractivity contribution in [3.8, 4) is 0 Å². The summed E-state index contributed by atoms with van der Waals surface area (Å²) in [5, 5.41) is 5.73. The van der Waals surface area contributed by atoms with Crippen LogP contribution in [0.15, 0.2) is 0 Å². The molecule has 0 aliphatic rings. The van der Waals surface area contributed by atoms with E-state index in [0.29, 0.717) is 19.7 Å². The Labute approximate surface area is 108 Å². The molecule has 0 heterocycles. The molecule has 0 aliphatic heterocycles. The normalized spacial score (nSPS) is 12.9. The molecule has 18 heavy (non-hydrogen) atoms. The van der Waals surface area contributed by atoms with E-state index in [0.717, 1.165) is 0 Å². The number of esters is 1. The molecular weight excluding hydrogens is 236 g/mol. The third-order valence-electron chi connectivity index (χ3n) is 2.59. The summed E-state index contributed by atoms with van der Waals surface area (Å²) in [6, 6.07) is -0.370. The van der Waals surface area contributed by atoms with Crippen molar-refractivity contribution in [2.75, 3.05) is 33.9 Å². The molecule has 0 aliphatic carbocycles. The Morgan fingerprint density at radius 2 is 1.89 bits per heavy atom. The second-order valence-corrected chi connectivity index (χ2v) is 4.76. The van der Waals surface area contributed by atoms with Crippen LogP contribution in [0.1, 0.15) is 20.8 Å². The minimum Gasteiger partial charge on any atom is -0.469 e. The molecular formula is C12H24N2O4. The van der Waals surface area contributed by atoms with E-state index in [1.165, 1.54) is 7.11 Å². The van der Waals surface area contributed by atoms with Gasteiger partial charge in [-0.05, 0) is 20.8 Å². The summed E-state index contributed by atoms with van der Waals surface area (Å²) in [6.07, 6.45) is 0. The zero-order valence-corrected chi connectivity index (χ0v) is 11.8. The van der Waals surface area contributed by atoms with Crippen LogP contribution in [0, 0.1) is 5.41 Å². The predicted octanol–water partition coefficient (Wildman–Crippen LogP) is -0.0737. The van der Waals surface area contributed by atoms with Crippen molar-refractivity contribution in [1.29, 1.82) is 0 Å². The minimum absolute atomic E-state index is 0.118. The van der Waals surface area contributed by atoms with E-state index in [9.17, 15) is 9.59 Å². The van der Waals surface area contributed by atoms with Crippen LogP contribution in [0.3, 0.4) is 0 Å². The summed E-state index contributed by atoms with van der Waals surface area (Å²) in [4.78, 5) is 23.1. The molecule has 0 aromatic rings. The van der Waals surface area contributed by atoms with E-state index >= 15 is 0 Å². The van der Waals surface area contributed by atoms with Crippen molar-refractivity contribution in [3.05, 3.63) is 0 Å². The molecule has 0 bridgehead atoms. The molecule has 0 aromatic carbocycles. The fourth-order valence-electron chi connectivity index (χ4n) is 1.28. The van der Waals surface area contributed by atoms with E-state index in [4.69, 9.17) is 9.47 Å². The summed E-state index contributed by atoms with van der Waals surface area (Å²) in [5.41, 5.74) is -0.657. The summed E-state index contributed by atoms with van der Waals surface area (Å²) in [6.45, 7) is 6.60. The van der Waals surface area contributed by atoms with Gasteiger partial charge in [-0.25, -0.2) is 0 Å². The molecule has 1 unspecified atom stereocenters. The Kier molecular flexibility index (Phi) is 7.54. The third-order valence-corrected chi connectivity index (χ3v) is 2.59. The average molecular weight is 260 g/mol. The van der Waals surface area contributed by atoms with Crippen LogP contribution in [-0.4, -0.2) is 51.8 Å². The summed E-state index contributed by atoms with van der Waals surface area (Å²) >= 11 is 0. The maximum atomic E-state index is 11.6. The highest BCUT2D eigenvalue weighted by molar-refractivity contribution is 5.81. The number of rotatable bonds is 8. The van der Waals surface area contributed by atoms with Gasteiger partial charge in [-0.3, -0.25) is 9.59 Å². The van der Waals surface area contributed by atoms with Crippen LogP contribution in [0.25, 0.3) is 0 Å². The van der Waals surface area contributed by atoms with E-state index in [-0.39, 0.29) is 17.9 Å². The van der Waals surface area contributed by atoms with Crippen LogP contribution in [-0.2, 0) is 19.1 Å². The second-order valence-electron chi connectivity index (χ2n) is 4.76. The Bertz CT molecular complexity index is 279. The molecule has 0 aromatic heterocycles. The summed E-state index contributed by atoms with van der Waals surface area (Å²) in [7, 11) is 2.93. The predicted molar refractivity (Wildman–Crippen MR) is 68.1 cm³/mol. The topological polar surface area (TPSA) is 76.7 Å². The van der Waals surface area contributed by atoms with Gasteiger partial charge in [0.1, 0.15) is 0 Å². The number of carbonyl (C=O) groups is 2. The van der Waals surface area contributed by atoms with Crippen molar-refractivity contribution in [2.45, 2.75) is 26.8 Å². The molecule has 6 nitrogen and oxygen atoms in total. The number of hydrogen-bond donors (Lipinski definition) is 2. The number of amides is 1. The van der Waals surface area contributed by atoms with Gasteiger partial charge in [-0.1, -0.05) is 0 Å². The van der Waals surface area contributed by atoms with Crippen LogP contribution in [0.2, 0.25) is 0 Å². The highest BCUT2D eigenvalue weighted by Gasteiger charge is 2.29. The van der Waals surface area contributed by atoms with Gasteiger partial charge in [0.25, 0.3) is 0 Å². The number of carbonyl (C=O) groups excluding carboxylic acids is 2. The number of nitrogens with one attached hydrogen (secondary N) is 2. The minimum atomic E-state index is -0.657. The maximum Gasteiger partial charge on any atom is 0.312 e. The van der Waals surface area contributed by atoms with Gasteiger partial charge in [-0.2, -0.15) is 0 Å². The van der Waals surface area contributed by atoms with Gasteiger partial charge in [0.15, 0.2) is 0 Å². The van der Waals surface area contributed by atoms with E-state index in [2.05, 4.69) is 10.6 Å². The van der Waals surface area contributed by atoms with Crippen molar-refractivity contribution in [2.24, 2.45) is 5.41 Å². The molecule has 2 N–H and O–H groups in total. The molecule has 0 spiro atoms. The van der Waals surface area contributed by atoms with Gasteiger partial charge in [0, 0.05) is 20.2 Å². The molecule has 6 heteroatoms. The van der Waals surface area contributed by atoms with Crippen LogP contribution >= 0.6 is 0 Å². The molecule has 1 atom stereocenters. The van der Waals surface area contributed by atoms with Crippen LogP contribution < -0.4 is 10.6 Å². The van der Waals surface area contributed by atoms with Crippen molar-refractivity contribution in [3.63, 3.8) is 0 Å². The van der Waals surface area contributed by atoms with Crippen molar-refractivity contribution >= 4 is 11.9 Å². The number of ether oxygens (including phenoxy) is 2. The van der Waals surface area contributed by atoms with E-state index in [1.54, 1.807) is 27.9 Å². The van der Waals surface area contributed by atoms with Gasteiger partial charge in [0.05, 0.1) is 25.2 Å². The highest BCUT2D eigenvalue weighted by atomic mass is 16.5. The molecule has 0 radical (unpaired) electrons. The van der Waals surface area contributed by atoms with E-state index in [1.807, 2.05) is 0 Å². The lowest BCUT2D eigenvalue weighted by Crippen LogP contribution is -2.47. The molecule has 0 saturated carbocycles. The first-order valence-corrected chi connectivity index (χ1v) is 5.93. The average Bonchev–Trinajstić information content (AvgIpc) is 2.34. The zero-order chi connectivity index (χ0) is 14.2. The molecule has 106 valence electrons. The van der Waals surface area contributed by atoms with E-state index < -0.39 is 5.41 Å². The van der Waals surface area contributed by atoms with Crippen molar-refractivity contribution in [1.82, 2.24) is 10.6 Å².